The van der Waals surface area contributed by atoms with E-state index >= 15 is 0 Å². The molecule has 5 nitrogen and oxygen atoms in total. The number of carbonyl (C=O) groups is 1. The van der Waals surface area contributed by atoms with Crippen molar-refractivity contribution in [1.82, 2.24) is 9.80 Å². The largest absolute Gasteiger partial charge is 0.493 e. The van der Waals surface area contributed by atoms with Crippen molar-refractivity contribution >= 4 is 12.0 Å². The molecule has 0 aliphatic carbocycles. The van der Waals surface area contributed by atoms with Gasteiger partial charge in [-0.15, -0.1) is 0 Å². The lowest BCUT2D eigenvalue weighted by Gasteiger charge is -2.27. The molecule has 1 heterocycles. The minimum absolute atomic E-state index is 0.0941. The van der Waals surface area contributed by atoms with Crippen molar-refractivity contribution in [2.24, 2.45) is 0 Å². The van der Waals surface area contributed by atoms with Crippen LogP contribution in [0.1, 0.15) is 42.1 Å². The number of likely N-dealkylation sites (tertiary alicyclic amines) is 1. The van der Waals surface area contributed by atoms with Crippen molar-refractivity contribution in [2.75, 3.05) is 33.8 Å². The van der Waals surface area contributed by atoms with Crippen molar-refractivity contribution in [1.29, 1.82) is 0 Å². The van der Waals surface area contributed by atoms with Crippen LogP contribution in [0.5, 0.6) is 11.5 Å². The van der Waals surface area contributed by atoms with Gasteiger partial charge >= 0.3 is 6.61 Å². The summed E-state index contributed by atoms with van der Waals surface area (Å²) in [5.41, 5.74) is 2.51. The maximum atomic E-state index is 13.5. The molecule has 7 heteroatoms. The summed E-state index contributed by atoms with van der Waals surface area (Å²) >= 11 is 0. The number of rotatable bonds is 10. The molecular formula is C26H32F2N2O3. The van der Waals surface area contributed by atoms with E-state index in [2.05, 4.69) is 22.8 Å². The van der Waals surface area contributed by atoms with Crippen LogP contribution in [0.15, 0.2) is 54.1 Å². The maximum Gasteiger partial charge on any atom is 0.387 e. The quantitative estimate of drug-likeness (QED) is 0.483. The second kappa shape index (κ2) is 11.8. The molecule has 1 aliphatic rings. The van der Waals surface area contributed by atoms with Gasteiger partial charge in [-0.25, -0.2) is 0 Å². The molecule has 1 atom stereocenters. The molecule has 0 aromatic heterocycles. The molecule has 0 saturated carbocycles. The van der Waals surface area contributed by atoms with E-state index in [0.29, 0.717) is 24.7 Å². The lowest BCUT2D eigenvalue weighted by Crippen LogP contribution is -2.37. The summed E-state index contributed by atoms with van der Waals surface area (Å²) in [7, 11) is 3.49. The third-order valence-electron chi connectivity index (χ3n) is 5.97. The molecule has 1 unspecified atom stereocenters. The summed E-state index contributed by atoms with van der Waals surface area (Å²) in [6.07, 6.45) is 5.25. The third-order valence-corrected chi connectivity index (χ3v) is 5.97. The van der Waals surface area contributed by atoms with Crippen molar-refractivity contribution in [3.63, 3.8) is 0 Å². The third kappa shape index (κ3) is 7.02. The van der Waals surface area contributed by atoms with Crippen molar-refractivity contribution in [3.05, 3.63) is 65.2 Å². The van der Waals surface area contributed by atoms with Crippen LogP contribution < -0.4 is 9.47 Å². The average molecular weight is 459 g/mol. The Hall–Kier alpha value is -2.93. The molecule has 2 aromatic carbocycles. The Kier molecular flexibility index (Phi) is 8.83. The predicted octanol–water partition coefficient (Wildman–Crippen LogP) is 5.33. The Morgan fingerprint density at radius 2 is 1.97 bits per heavy atom. The topological polar surface area (TPSA) is 42.0 Å². The first-order chi connectivity index (χ1) is 15.9. The molecule has 1 saturated heterocycles. The number of methoxy groups -OCH3 is 1. The molecule has 3 rings (SSSR count). The molecule has 33 heavy (non-hydrogen) atoms. The average Bonchev–Trinajstić information content (AvgIpc) is 3.21. The molecule has 1 aliphatic heterocycles. The Balaban J connectivity index is 1.81. The minimum Gasteiger partial charge on any atom is -0.493 e. The van der Waals surface area contributed by atoms with Gasteiger partial charge in [-0.3, -0.25) is 4.79 Å². The van der Waals surface area contributed by atoms with Crippen LogP contribution in [0, 0.1) is 0 Å². The highest BCUT2D eigenvalue weighted by Crippen LogP contribution is 2.30. The van der Waals surface area contributed by atoms with E-state index in [1.54, 1.807) is 0 Å². The molecule has 0 radical (unpaired) electrons. The zero-order valence-corrected chi connectivity index (χ0v) is 19.5. The van der Waals surface area contributed by atoms with Crippen LogP contribution in [0.25, 0.3) is 6.08 Å². The first kappa shape index (κ1) is 24.7. The molecule has 0 spiro atoms. The lowest BCUT2D eigenvalue weighted by molar-refractivity contribution is -0.0512. The molecule has 0 bridgehead atoms. The summed E-state index contributed by atoms with van der Waals surface area (Å²) in [6.45, 7) is 1.20. The Morgan fingerprint density at radius 3 is 2.61 bits per heavy atom. The Bertz CT molecular complexity index is 950. The Labute approximate surface area is 194 Å². The standard InChI is InChI=1S/C26H32F2N2O3/c1-19(16-20-8-5-4-6-9-20)18-30(15-13-22-10-7-14-29(22)2)25(31)21-11-12-23(33-26(27)28)24(17-21)32-3/h4-6,8-9,11-12,16-17,22,26H,7,10,13-15,18H2,1-3H3/b19-16+. The van der Waals surface area contributed by atoms with Crippen LogP contribution in [0.2, 0.25) is 0 Å². The molecule has 2 aromatic rings. The normalized spacial score (nSPS) is 16.8. The zero-order chi connectivity index (χ0) is 23.8. The van der Waals surface area contributed by atoms with E-state index in [1.165, 1.54) is 31.7 Å². The molecule has 1 fully saturated rings. The summed E-state index contributed by atoms with van der Waals surface area (Å²) in [4.78, 5) is 17.6. The molecular weight excluding hydrogens is 426 g/mol. The molecule has 1 amide bonds. The van der Waals surface area contributed by atoms with Gasteiger partial charge in [0.15, 0.2) is 11.5 Å². The fourth-order valence-electron chi connectivity index (χ4n) is 4.26. The minimum atomic E-state index is -2.97. The van der Waals surface area contributed by atoms with Crippen molar-refractivity contribution in [2.45, 2.75) is 38.8 Å². The predicted molar refractivity (Wildman–Crippen MR) is 126 cm³/mol. The van der Waals surface area contributed by atoms with Gasteiger partial charge in [0, 0.05) is 24.7 Å². The van der Waals surface area contributed by atoms with E-state index in [-0.39, 0.29) is 17.4 Å². The highest BCUT2D eigenvalue weighted by molar-refractivity contribution is 5.95. The highest BCUT2D eigenvalue weighted by Gasteiger charge is 2.24. The number of hydrogen-bond donors (Lipinski definition) is 0. The summed E-state index contributed by atoms with van der Waals surface area (Å²) in [6, 6.07) is 14.8. The van der Waals surface area contributed by atoms with E-state index in [9.17, 15) is 13.6 Å². The van der Waals surface area contributed by atoms with E-state index < -0.39 is 6.61 Å². The first-order valence-corrected chi connectivity index (χ1v) is 11.2. The summed E-state index contributed by atoms with van der Waals surface area (Å²) in [5, 5.41) is 0. The number of benzene rings is 2. The fraction of sp³-hybridized carbons (Fsp3) is 0.423. The fourth-order valence-corrected chi connectivity index (χ4v) is 4.26. The van der Waals surface area contributed by atoms with Crippen LogP contribution in [-0.2, 0) is 0 Å². The number of alkyl halides is 2. The van der Waals surface area contributed by atoms with Gasteiger partial charge in [0.25, 0.3) is 5.91 Å². The van der Waals surface area contributed by atoms with Crippen LogP contribution >= 0.6 is 0 Å². The Morgan fingerprint density at radius 1 is 1.21 bits per heavy atom. The highest BCUT2D eigenvalue weighted by atomic mass is 19.3. The number of nitrogens with zero attached hydrogens (tertiary/aromatic N) is 2. The van der Waals surface area contributed by atoms with Gasteiger partial charge in [-0.1, -0.05) is 42.0 Å². The van der Waals surface area contributed by atoms with Gasteiger partial charge in [0.1, 0.15) is 0 Å². The molecule has 178 valence electrons. The number of halogens is 2. The number of ether oxygens (including phenoxy) is 2. The SMILES string of the molecule is COc1cc(C(=O)N(CCC2CCCN2C)C/C(C)=C/c2ccccc2)ccc1OC(F)F. The van der Waals surface area contributed by atoms with Gasteiger partial charge in [0.05, 0.1) is 7.11 Å². The number of amides is 1. The smallest absolute Gasteiger partial charge is 0.387 e. The van der Waals surface area contributed by atoms with Gasteiger partial charge in [-0.2, -0.15) is 8.78 Å². The lowest BCUT2D eigenvalue weighted by atomic mass is 10.1. The second-order valence-corrected chi connectivity index (χ2v) is 8.44. The number of hydrogen-bond acceptors (Lipinski definition) is 4. The van der Waals surface area contributed by atoms with Crippen LogP contribution in [0.3, 0.4) is 0 Å². The van der Waals surface area contributed by atoms with Gasteiger partial charge in [-0.05, 0) is 63.5 Å². The number of carbonyl (C=O) groups excluding carboxylic acids is 1. The van der Waals surface area contributed by atoms with Gasteiger partial charge in [0.2, 0.25) is 0 Å². The van der Waals surface area contributed by atoms with Gasteiger partial charge < -0.3 is 19.3 Å². The van der Waals surface area contributed by atoms with Crippen molar-refractivity contribution in [3.8, 4) is 11.5 Å². The maximum absolute atomic E-state index is 13.5. The van der Waals surface area contributed by atoms with E-state index in [4.69, 9.17) is 4.74 Å². The van der Waals surface area contributed by atoms with E-state index in [1.807, 2.05) is 42.2 Å². The zero-order valence-electron chi connectivity index (χ0n) is 19.5. The molecule has 0 N–H and O–H groups in total. The van der Waals surface area contributed by atoms with Crippen LogP contribution in [0.4, 0.5) is 8.78 Å². The van der Waals surface area contributed by atoms with Crippen LogP contribution in [-0.4, -0.2) is 62.2 Å². The monoisotopic (exact) mass is 458 g/mol. The second-order valence-electron chi connectivity index (χ2n) is 8.44. The first-order valence-electron chi connectivity index (χ1n) is 11.2. The van der Waals surface area contributed by atoms with Crippen molar-refractivity contribution < 1.29 is 23.0 Å². The summed E-state index contributed by atoms with van der Waals surface area (Å²) in [5.74, 6) is -0.158. The summed E-state index contributed by atoms with van der Waals surface area (Å²) < 4.78 is 35.0. The van der Waals surface area contributed by atoms with E-state index in [0.717, 1.165) is 30.5 Å².